The van der Waals surface area contributed by atoms with E-state index in [-0.39, 0.29) is 26.1 Å². The Hall–Kier alpha value is -2.88. The van der Waals surface area contributed by atoms with Crippen molar-refractivity contribution in [1.29, 1.82) is 0 Å². The van der Waals surface area contributed by atoms with E-state index in [1.165, 1.54) is 42.5 Å². The van der Waals surface area contributed by atoms with E-state index in [4.69, 9.17) is 11.6 Å². The van der Waals surface area contributed by atoms with Crippen LogP contribution in [0.4, 0.5) is 11.4 Å². The molecule has 32 heavy (non-hydrogen) atoms. The van der Waals surface area contributed by atoms with Gasteiger partial charge < -0.3 is 5.32 Å². The number of hydrogen-bond donors (Lipinski definition) is 2. The second-order valence-corrected chi connectivity index (χ2v) is 11.5. The molecule has 0 aromatic heterocycles. The number of rotatable bonds is 6. The molecule has 10 heteroatoms. The van der Waals surface area contributed by atoms with Crippen molar-refractivity contribution in [3.05, 3.63) is 82.4 Å². The molecule has 0 heterocycles. The average Bonchev–Trinajstić information content (AvgIpc) is 2.66. The van der Waals surface area contributed by atoms with Crippen LogP contribution in [0.3, 0.4) is 0 Å². The molecular weight excluding hydrogens is 472 g/mol. The molecule has 0 atom stereocenters. The molecule has 3 aromatic rings. The van der Waals surface area contributed by atoms with E-state index in [1.54, 1.807) is 12.1 Å². The second-order valence-electron chi connectivity index (χ2n) is 7.37. The fraction of sp³-hybridized carbons (Fsp3) is 0.136. The predicted octanol–water partition coefficient (Wildman–Crippen LogP) is 4.41. The van der Waals surface area contributed by atoms with Crippen LogP contribution >= 0.6 is 11.6 Å². The van der Waals surface area contributed by atoms with Gasteiger partial charge in [-0.15, -0.1) is 0 Å². The summed E-state index contributed by atoms with van der Waals surface area (Å²) in [6.45, 7) is 3.80. The van der Waals surface area contributed by atoms with Gasteiger partial charge in [0.2, 0.25) is 0 Å². The Morgan fingerprint density at radius 2 is 1.34 bits per heavy atom. The molecule has 7 nitrogen and oxygen atoms in total. The molecule has 0 saturated heterocycles. The van der Waals surface area contributed by atoms with Crippen LogP contribution in [-0.4, -0.2) is 29.0 Å². The topological polar surface area (TPSA) is 109 Å². The minimum atomic E-state index is -4.06. The van der Waals surface area contributed by atoms with Gasteiger partial charge in [0.05, 0.1) is 20.4 Å². The zero-order valence-electron chi connectivity index (χ0n) is 17.5. The van der Waals surface area contributed by atoms with Gasteiger partial charge in [-0.2, -0.15) is 0 Å². The Morgan fingerprint density at radius 1 is 0.781 bits per heavy atom. The van der Waals surface area contributed by atoms with Gasteiger partial charge in [-0.25, -0.2) is 16.8 Å². The number of nitrogens with one attached hydrogen (secondary N) is 2. The highest BCUT2D eigenvalue weighted by atomic mass is 35.5. The number of hydrogen-bond acceptors (Lipinski definition) is 5. The SMILES string of the molecule is Cc1cc(C)cc(NC(=O)c2cc(S(=O)(=O)Nc3ccc(S(C)(=O)=O)cc3)ccc2Cl)c1. The van der Waals surface area contributed by atoms with Crippen LogP contribution in [-0.2, 0) is 19.9 Å². The number of anilines is 2. The number of sulfone groups is 1. The van der Waals surface area contributed by atoms with Crippen LogP contribution in [0, 0.1) is 13.8 Å². The van der Waals surface area contributed by atoms with Gasteiger partial charge in [0.1, 0.15) is 0 Å². The van der Waals surface area contributed by atoms with Gasteiger partial charge >= 0.3 is 0 Å². The summed E-state index contributed by atoms with van der Waals surface area (Å²) in [6.07, 6.45) is 1.06. The van der Waals surface area contributed by atoms with Crippen LogP contribution in [0.5, 0.6) is 0 Å². The Balaban J connectivity index is 1.87. The lowest BCUT2D eigenvalue weighted by Gasteiger charge is -2.12. The van der Waals surface area contributed by atoms with Gasteiger partial charge in [-0.3, -0.25) is 9.52 Å². The molecule has 0 bridgehead atoms. The maximum absolute atomic E-state index is 12.8. The summed E-state index contributed by atoms with van der Waals surface area (Å²) in [4.78, 5) is 12.7. The minimum Gasteiger partial charge on any atom is -0.322 e. The van der Waals surface area contributed by atoms with Crippen LogP contribution in [0.25, 0.3) is 0 Å². The van der Waals surface area contributed by atoms with Gasteiger partial charge in [0.15, 0.2) is 9.84 Å². The summed E-state index contributed by atoms with van der Waals surface area (Å²) in [5, 5.41) is 2.83. The Bertz CT molecular complexity index is 1380. The molecule has 0 fully saturated rings. The molecule has 168 valence electrons. The molecule has 0 aliphatic carbocycles. The predicted molar refractivity (Wildman–Crippen MR) is 126 cm³/mol. The van der Waals surface area contributed by atoms with Crippen molar-refractivity contribution >= 4 is 48.7 Å². The lowest BCUT2D eigenvalue weighted by molar-refractivity contribution is 0.102. The smallest absolute Gasteiger partial charge is 0.261 e. The lowest BCUT2D eigenvalue weighted by Crippen LogP contribution is -2.16. The van der Waals surface area contributed by atoms with Gasteiger partial charge in [-0.1, -0.05) is 17.7 Å². The highest BCUT2D eigenvalue weighted by Gasteiger charge is 2.20. The fourth-order valence-corrected chi connectivity index (χ4v) is 4.99. The molecule has 0 spiro atoms. The zero-order valence-corrected chi connectivity index (χ0v) is 19.9. The van der Waals surface area contributed by atoms with Gasteiger partial charge in [0.25, 0.3) is 15.9 Å². The van der Waals surface area contributed by atoms with Crippen LogP contribution in [0.2, 0.25) is 5.02 Å². The maximum Gasteiger partial charge on any atom is 0.261 e. The van der Waals surface area contributed by atoms with Crippen molar-refractivity contribution in [2.45, 2.75) is 23.6 Å². The van der Waals surface area contributed by atoms with E-state index in [0.29, 0.717) is 5.69 Å². The highest BCUT2D eigenvalue weighted by molar-refractivity contribution is 7.92. The molecule has 2 N–H and O–H groups in total. The molecule has 0 aliphatic heterocycles. The number of carbonyl (C=O) groups excluding carboxylic acids is 1. The summed E-state index contributed by atoms with van der Waals surface area (Å²) in [7, 11) is -7.46. The van der Waals surface area contributed by atoms with E-state index >= 15 is 0 Å². The Morgan fingerprint density at radius 3 is 1.91 bits per heavy atom. The summed E-state index contributed by atoms with van der Waals surface area (Å²) >= 11 is 6.16. The van der Waals surface area contributed by atoms with Gasteiger partial charge in [0, 0.05) is 17.6 Å². The first-order valence-corrected chi connectivity index (χ1v) is 13.1. The standard InChI is InChI=1S/C22H21ClN2O5S2/c1-14-10-15(2)12-17(11-14)24-22(26)20-13-19(8-9-21(20)23)32(29,30)25-16-4-6-18(7-5-16)31(3,27)28/h4-13,25H,1-3H3,(H,24,26). The third-order valence-electron chi connectivity index (χ3n) is 4.51. The Labute approximate surface area is 192 Å². The molecule has 0 aliphatic rings. The number of amides is 1. The summed E-state index contributed by atoms with van der Waals surface area (Å²) < 4.78 is 51.1. The van der Waals surface area contributed by atoms with Crippen LogP contribution in [0.1, 0.15) is 21.5 Å². The normalized spacial score (nSPS) is 11.8. The third-order valence-corrected chi connectivity index (χ3v) is 7.34. The molecule has 1 amide bonds. The van der Waals surface area contributed by atoms with E-state index < -0.39 is 25.8 Å². The minimum absolute atomic E-state index is 0.00104. The molecule has 3 rings (SSSR count). The quantitative estimate of drug-likeness (QED) is 0.529. The zero-order chi connectivity index (χ0) is 23.7. The molecule has 0 saturated carbocycles. The van der Waals surface area contributed by atoms with Crippen molar-refractivity contribution in [3.8, 4) is 0 Å². The van der Waals surface area contributed by atoms with Crippen molar-refractivity contribution in [2.24, 2.45) is 0 Å². The number of halogens is 1. The van der Waals surface area contributed by atoms with E-state index in [2.05, 4.69) is 10.0 Å². The third kappa shape index (κ3) is 5.67. The number of aryl methyl sites for hydroxylation is 2. The number of carbonyl (C=O) groups is 1. The first kappa shape index (κ1) is 23.8. The molecule has 0 radical (unpaired) electrons. The summed E-state index contributed by atoms with van der Waals surface area (Å²) in [6, 6.07) is 14.6. The van der Waals surface area contributed by atoms with Crippen molar-refractivity contribution in [1.82, 2.24) is 0 Å². The van der Waals surface area contributed by atoms with Crippen LogP contribution in [0.15, 0.2) is 70.5 Å². The largest absolute Gasteiger partial charge is 0.322 e. The van der Waals surface area contributed by atoms with Crippen molar-refractivity contribution in [2.75, 3.05) is 16.3 Å². The molecule has 3 aromatic carbocycles. The first-order valence-electron chi connectivity index (χ1n) is 9.37. The van der Waals surface area contributed by atoms with E-state index in [9.17, 15) is 21.6 Å². The van der Waals surface area contributed by atoms with Crippen molar-refractivity contribution < 1.29 is 21.6 Å². The molecular formula is C22H21ClN2O5S2. The monoisotopic (exact) mass is 492 g/mol. The first-order chi connectivity index (χ1) is 14.8. The van der Waals surface area contributed by atoms with Crippen molar-refractivity contribution in [3.63, 3.8) is 0 Å². The summed E-state index contributed by atoms with van der Waals surface area (Å²) in [5.74, 6) is -0.547. The summed E-state index contributed by atoms with van der Waals surface area (Å²) in [5.41, 5.74) is 2.68. The van der Waals surface area contributed by atoms with Gasteiger partial charge in [-0.05, 0) is 79.6 Å². The number of benzene rings is 3. The van der Waals surface area contributed by atoms with E-state index in [0.717, 1.165) is 17.4 Å². The molecule has 0 unspecified atom stereocenters. The Kier molecular flexibility index (Phi) is 6.64. The second kappa shape index (κ2) is 8.93. The maximum atomic E-state index is 12.8. The number of sulfonamides is 1. The highest BCUT2D eigenvalue weighted by Crippen LogP contribution is 2.25. The van der Waals surface area contributed by atoms with E-state index in [1.807, 2.05) is 19.9 Å². The fourth-order valence-electron chi connectivity index (χ4n) is 3.08. The average molecular weight is 493 g/mol. The lowest BCUT2D eigenvalue weighted by atomic mass is 10.1. The van der Waals surface area contributed by atoms with Crippen LogP contribution < -0.4 is 10.0 Å².